The minimum Gasteiger partial charge on any atom is -0.296 e. The number of halogens is 1. The third-order valence-corrected chi connectivity index (χ3v) is 4.11. The molecule has 2 aromatic heterocycles. The number of sulfonamides is 1. The Hall–Kier alpha value is -0.630. The van der Waals surface area contributed by atoms with Crippen molar-refractivity contribution >= 4 is 38.0 Å². The molecule has 1 N–H and O–H groups in total. The molecule has 2 heterocycles. The van der Waals surface area contributed by atoms with Crippen LogP contribution in [0, 0.1) is 0 Å². The smallest absolute Gasteiger partial charge is 0.274 e. The van der Waals surface area contributed by atoms with Gasteiger partial charge in [0.05, 0.1) is 0 Å². The van der Waals surface area contributed by atoms with Gasteiger partial charge in [0.25, 0.3) is 10.0 Å². The lowest BCUT2D eigenvalue weighted by molar-refractivity contribution is 0.592. The van der Waals surface area contributed by atoms with Gasteiger partial charge in [-0.25, -0.2) is 13.4 Å². The maximum atomic E-state index is 11.3. The Kier molecular flexibility index (Phi) is 2.03. The van der Waals surface area contributed by atoms with Gasteiger partial charge in [-0.2, -0.15) is 0 Å². The van der Waals surface area contributed by atoms with Crippen LogP contribution in [0.3, 0.4) is 0 Å². The van der Waals surface area contributed by atoms with E-state index in [-0.39, 0.29) is 5.03 Å². The molecule has 8 heteroatoms. The van der Waals surface area contributed by atoms with Crippen LogP contribution in [0.2, 0.25) is 0 Å². The highest BCUT2D eigenvalue weighted by molar-refractivity contribution is 7.90. The normalized spacial score (nSPS) is 12.4. The van der Waals surface area contributed by atoms with Crippen molar-refractivity contribution in [3.63, 3.8) is 0 Å². The van der Waals surface area contributed by atoms with Gasteiger partial charge in [0.15, 0.2) is 0 Å². The Balaban J connectivity index is 2.75. The van der Waals surface area contributed by atoms with Gasteiger partial charge < -0.3 is 0 Å². The monoisotopic (exact) mass is 237 g/mol. The molecule has 0 radical (unpaired) electrons. The van der Waals surface area contributed by atoms with Crippen LogP contribution in [-0.2, 0) is 10.0 Å². The zero-order valence-electron chi connectivity index (χ0n) is 6.14. The molecule has 0 aliphatic heterocycles. The van der Waals surface area contributed by atoms with Crippen molar-refractivity contribution in [2.24, 2.45) is 0 Å². The van der Waals surface area contributed by atoms with E-state index in [9.17, 15) is 8.42 Å². The van der Waals surface area contributed by atoms with Gasteiger partial charge in [-0.3, -0.25) is 4.40 Å². The van der Waals surface area contributed by atoms with E-state index < -0.39 is 10.0 Å². The molecule has 5 nitrogen and oxygen atoms in total. The first kappa shape index (κ1) is 8.95. The first-order chi connectivity index (χ1) is 6.15. The van der Waals surface area contributed by atoms with Gasteiger partial charge in [0, 0.05) is 11.6 Å². The minimum absolute atomic E-state index is 0.0440. The lowest BCUT2D eigenvalue weighted by Gasteiger charge is -1.93. The molecule has 13 heavy (non-hydrogen) atoms. The number of hydrogen-bond donors (Lipinski definition) is 1. The van der Waals surface area contributed by atoms with E-state index in [0.717, 1.165) is 0 Å². The number of fused-ring (bicyclic) bond motifs is 1. The van der Waals surface area contributed by atoms with E-state index in [2.05, 4.69) is 4.98 Å². The SMILES string of the molecule is O=S(=O)(NCl)c1ncn2ccsc12. The molecule has 0 atom stereocenters. The highest BCUT2D eigenvalue weighted by Crippen LogP contribution is 2.20. The second-order valence-corrected chi connectivity index (χ2v) is 5.15. The van der Waals surface area contributed by atoms with E-state index in [1.807, 2.05) is 0 Å². The summed E-state index contributed by atoms with van der Waals surface area (Å²) in [5, 5.41) is 1.72. The van der Waals surface area contributed by atoms with Gasteiger partial charge in [-0.1, -0.05) is 0 Å². The summed E-state index contributed by atoms with van der Waals surface area (Å²) in [7, 11) is -3.66. The fraction of sp³-hybridized carbons (Fsp3) is 0. The first-order valence-electron chi connectivity index (χ1n) is 3.18. The molecule has 2 aromatic rings. The molecule has 0 aliphatic rings. The molecule has 0 fully saturated rings. The van der Waals surface area contributed by atoms with E-state index in [4.69, 9.17) is 11.8 Å². The van der Waals surface area contributed by atoms with Crippen molar-refractivity contribution in [3.05, 3.63) is 17.9 Å². The Morgan fingerprint density at radius 2 is 2.38 bits per heavy atom. The van der Waals surface area contributed by atoms with Crippen molar-refractivity contribution in [3.8, 4) is 0 Å². The van der Waals surface area contributed by atoms with Crippen LogP contribution in [-0.4, -0.2) is 17.8 Å². The van der Waals surface area contributed by atoms with Crippen molar-refractivity contribution in [1.82, 2.24) is 13.6 Å². The fourth-order valence-corrected chi connectivity index (χ4v) is 2.92. The standard InChI is InChI=1S/C5H4ClN3O2S2/c6-8-13(10,11)4-5-9(3-7-4)1-2-12-5/h1-3,8H. The van der Waals surface area contributed by atoms with E-state index >= 15 is 0 Å². The predicted molar refractivity (Wildman–Crippen MR) is 49.2 cm³/mol. The van der Waals surface area contributed by atoms with Crippen LogP contribution in [0.5, 0.6) is 0 Å². The largest absolute Gasteiger partial charge is 0.296 e. The number of hydrogen-bond acceptors (Lipinski definition) is 4. The summed E-state index contributed by atoms with van der Waals surface area (Å²) >= 11 is 6.35. The van der Waals surface area contributed by atoms with Gasteiger partial charge in [0.2, 0.25) is 5.03 Å². The predicted octanol–water partition coefficient (Wildman–Crippen LogP) is 0.828. The highest BCUT2D eigenvalue weighted by atomic mass is 35.5. The van der Waals surface area contributed by atoms with Crippen LogP contribution < -0.4 is 4.24 Å². The van der Waals surface area contributed by atoms with Crippen LogP contribution in [0.15, 0.2) is 22.9 Å². The molecule has 0 saturated heterocycles. The Bertz CT molecular complexity index is 529. The molecule has 0 aromatic carbocycles. The lowest BCUT2D eigenvalue weighted by atomic mass is 10.9. The maximum Gasteiger partial charge on any atom is 0.274 e. The zero-order valence-corrected chi connectivity index (χ0v) is 8.53. The van der Waals surface area contributed by atoms with Gasteiger partial charge in [0.1, 0.15) is 11.2 Å². The maximum absolute atomic E-state index is 11.3. The summed E-state index contributed by atoms with van der Waals surface area (Å²) in [5.74, 6) is 0. The summed E-state index contributed by atoms with van der Waals surface area (Å²) in [6.45, 7) is 0. The third-order valence-electron chi connectivity index (χ3n) is 1.47. The van der Waals surface area contributed by atoms with Crippen molar-refractivity contribution < 1.29 is 8.42 Å². The number of thiazole rings is 1. The molecule has 0 amide bonds. The van der Waals surface area contributed by atoms with Crippen molar-refractivity contribution in [2.45, 2.75) is 5.03 Å². The summed E-state index contributed by atoms with van der Waals surface area (Å²) in [4.78, 5) is 4.29. The highest BCUT2D eigenvalue weighted by Gasteiger charge is 2.19. The van der Waals surface area contributed by atoms with E-state index in [1.54, 1.807) is 20.2 Å². The number of imidazole rings is 1. The molecular formula is C5H4ClN3O2S2. The summed E-state index contributed by atoms with van der Waals surface area (Å²) in [6.07, 6.45) is 3.15. The molecule has 0 spiro atoms. The van der Waals surface area contributed by atoms with Crippen LogP contribution in [0.1, 0.15) is 0 Å². The topological polar surface area (TPSA) is 63.5 Å². The molecule has 0 bridgehead atoms. The summed E-state index contributed by atoms with van der Waals surface area (Å²) in [5.41, 5.74) is 0. The van der Waals surface area contributed by atoms with Gasteiger partial charge in [-0.15, -0.1) is 15.6 Å². The zero-order chi connectivity index (χ0) is 9.47. The summed E-state index contributed by atoms with van der Waals surface area (Å²) in [6, 6.07) is 0. The average Bonchev–Trinajstić information content (AvgIpc) is 2.62. The molecule has 70 valence electrons. The Morgan fingerprint density at radius 1 is 1.62 bits per heavy atom. The van der Waals surface area contributed by atoms with E-state index in [1.165, 1.54) is 17.7 Å². The molecule has 0 aliphatic carbocycles. The second kappa shape index (κ2) is 2.95. The Labute approximate surface area is 83.1 Å². The second-order valence-electron chi connectivity index (χ2n) is 2.25. The molecule has 0 unspecified atom stereocenters. The van der Waals surface area contributed by atoms with Crippen molar-refractivity contribution in [1.29, 1.82) is 0 Å². The van der Waals surface area contributed by atoms with Crippen LogP contribution in [0.25, 0.3) is 4.83 Å². The number of rotatable bonds is 2. The van der Waals surface area contributed by atoms with E-state index in [0.29, 0.717) is 4.83 Å². The van der Waals surface area contributed by atoms with Crippen LogP contribution >= 0.6 is 23.1 Å². The lowest BCUT2D eigenvalue weighted by Crippen LogP contribution is -2.13. The average molecular weight is 238 g/mol. The van der Waals surface area contributed by atoms with Gasteiger partial charge in [-0.05, 0) is 11.8 Å². The van der Waals surface area contributed by atoms with Crippen LogP contribution in [0.4, 0.5) is 0 Å². The third kappa shape index (κ3) is 1.33. The minimum atomic E-state index is -3.66. The number of nitrogens with one attached hydrogen (secondary N) is 1. The quantitative estimate of drug-likeness (QED) is 0.787. The number of aromatic nitrogens is 2. The first-order valence-corrected chi connectivity index (χ1v) is 5.92. The van der Waals surface area contributed by atoms with Gasteiger partial charge >= 0.3 is 0 Å². The fourth-order valence-electron chi connectivity index (χ4n) is 0.932. The number of nitrogens with zero attached hydrogens (tertiary/aromatic N) is 2. The Morgan fingerprint density at radius 3 is 3.08 bits per heavy atom. The summed E-state index contributed by atoms with van der Waals surface area (Å²) < 4.78 is 25.8. The molecular weight excluding hydrogens is 234 g/mol. The molecule has 0 saturated carbocycles. The van der Waals surface area contributed by atoms with Crippen molar-refractivity contribution in [2.75, 3.05) is 0 Å². The molecule has 2 rings (SSSR count).